The third-order valence-corrected chi connectivity index (χ3v) is 3.32. The first-order chi connectivity index (χ1) is 8.20. The van der Waals surface area contributed by atoms with Crippen molar-refractivity contribution in [2.45, 2.75) is 32.9 Å². The van der Waals surface area contributed by atoms with Crippen LogP contribution < -0.4 is 10.1 Å². The number of hydrogen-bond acceptors (Lipinski definition) is 3. The molecule has 1 unspecified atom stereocenters. The highest BCUT2D eigenvalue weighted by molar-refractivity contribution is 5.39. The molecule has 17 heavy (non-hydrogen) atoms. The summed E-state index contributed by atoms with van der Waals surface area (Å²) in [6.45, 7) is 6.02. The number of hydrogen-bond donors (Lipinski definition) is 2. The number of ether oxygens (including phenoxy) is 1. The van der Waals surface area contributed by atoms with Crippen LogP contribution in [0.15, 0.2) is 18.2 Å². The topological polar surface area (TPSA) is 41.5 Å². The van der Waals surface area contributed by atoms with Crippen LogP contribution >= 0.6 is 0 Å². The minimum Gasteiger partial charge on any atom is -0.493 e. The summed E-state index contributed by atoms with van der Waals surface area (Å²) in [5.41, 5.74) is 2.56. The van der Waals surface area contributed by atoms with Crippen LogP contribution in [0.4, 0.5) is 0 Å². The van der Waals surface area contributed by atoms with E-state index in [0.29, 0.717) is 5.92 Å². The van der Waals surface area contributed by atoms with Crippen LogP contribution in [-0.2, 0) is 13.0 Å². The number of benzene rings is 1. The molecule has 1 aliphatic rings. The van der Waals surface area contributed by atoms with E-state index in [9.17, 15) is 5.11 Å². The summed E-state index contributed by atoms with van der Waals surface area (Å²) in [4.78, 5) is 0. The zero-order chi connectivity index (χ0) is 12.3. The highest BCUT2D eigenvalue weighted by Gasteiger charge is 2.14. The summed E-state index contributed by atoms with van der Waals surface area (Å²) in [6.07, 6.45) is 1.01. The van der Waals surface area contributed by atoms with Crippen molar-refractivity contribution in [3.8, 4) is 5.75 Å². The summed E-state index contributed by atoms with van der Waals surface area (Å²) in [5, 5.41) is 12.6. The fraction of sp³-hybridized carbons (Fsp3) is 0.571. The molecule has 94 valence electrons. The molecule has 3 heteroatoms. The molecule has 0 aromatic heterocycles. The molecule has 0 saturated carbocycles. The van der Waals surface area contributed by atoms with Gasteiger partial charge in [-0.15, -0.1) is 0 Å². The molecular weight excluding hydrogens is 214 g/mol. The Balaban J connectivity index is 1.95. The van der Waals surface area contributed by atoms with Crippen LogP contribution in [0.3, 0.4) is 0 Å². The van der Waals surface area contributed by atoms with Gasteiger partial charge in [-0.1, -0.05) is 26.0 Å². The van der Waals surface area contributed by atoms with E-state index in [1.165, 1.54) is 11.1 Å². The average Bonchev–Trinajstić information content (AvgIpc) is 2.76. The fourth-order valence-corrected chi connectivity index (χ4v) is 2.11. The Morgan fingerprint density at radius 3 is 2.94 bits per heavy atom. The zero-order valence-corrected chi connectivity index (χ0v) is 10.6. The molecule has 1 atom stereocenters. The number of aliphatic hydroxyl groups excluding tert-OH is 1. The Kier molecular flexibility index (Phi) is 4.02. The predicted molar refractivity (Wildman–Crippen MR) is 68.2 cm³/mol. The van der Waals surface area contributed by atoms with E-state index < -0.39 is 0 Å². The van der Waals surface area contributed by atoms with Gasteiger partial charge in [0.2, 0.25) is 0 Å². The molecule has 1 aromatic rings. The van der Waals surface area contributed by atoms with Gasteiger partial charge in [0.05, 0.1) is 13.2 Å². The van der Waals surface area contributed by atoms with Gasteiger partial charge in [0.25, 0.3) is 0 Å². The number of aliphatic hydroxyl groups is 1. The summed E-state index contributed by atoms with van der Waals surface area (Å²) < 4.78 is 5.48. The van der Waals surface area contributed by atoms with E-state index in [1.54, 1.807) is 0 Å². The molecule has 0 radical (unpaired) electrons. The van der Waals surface area contributed by atoms with Crippen LogP contribution in [0.2, 0.25) is 0 Å². The Bertz CT molecular complexity index is 376. The van der Waals surface area contributed by atoms with E-state index in [2.05, 4.69) is 31.3 Å². The van der Waals surface area contributed by atoms with Crippen LogP contribution in [0, 0.1) is 5.92 Å². The molecular formula is C14H21NO2. The van der Waals surface area contributed by atoms with Gasteiger partial charge in [-0.05, 0) is 23.1 Å². The molecule has 0 aliphatic carbocycles. The van der Waals surface area contributed by atoms with Crippen molar-refractivity contribution >= 4 is 0 Å². The van der Waals surface area contributed by atoms with Gasteiger partial charge in [0.1, 0.15) is 5.75 Å². The molecule has 3 nitrogen and oxygen atoms in total. The third-order valence-electron chi connectivity index (χ3n) is 3.32. The second-order valence-corrected chi connectivity index (χ2v) is 4.95. The SMILES string of the molecule is CC(C)C(CO)NCc1ccc2c(c1)CCO2. The van der Waals surface area contributed by atoms with Crippen LogP contribution in [-0.4, -0.2) is 24.4 Å². The average molecular weight is 235 g/mol. The van der Waals surface area contributed by atoms with Gasteiger partial charge in [-0.3, -0.25) is 0 Å². The van der Waals surface area contributed by atoms with Gasteiger partial charge >= 0.3 is 0 Å². The van der Waals surface area contributed by atoms with Gasteiger partial charge in [-0.2, -0.15) is 0 Å². The van der Waals surface area contributed by atoms with Crippen molar-refractivity contribution in [2.75, 3.05) is 13.2 Å². The Morgan fingerprint density at radius 1 is 1.41 bits per heavy atom. The maximum Gasteiger partial charge on any atom is 0.122 e. The van der Waals surface area contributed by atoms with Crippen molar-refractivity contribution < 1.29 is 9.84 Å². The molecule has 1 aliphatic heterocycles. The third kappa shape index (κ3) is 2.99. The first-order valence-corrected chi connectivity index (χ1v) is 6.29. The summed E-state index contributed by atoms with van der Waals surface area (Å²) in [5.74, 6) is 1.47. The molecule has 1 aromatic carbocycles. The number of nitrogens with one attached hydrogen (secondary N) is 1. The van der Waals surface area contributed by atoms with E-state index in [1.807, 2.05) is 6.07 Å². The maximum absolute atomic E-state index is 9.25. The van der Waals surface area contributed by atoms with Crippen LogP contribution in [0.1, 0.15) is 25.0 Å². The molecule has 0 amide bonds. The first-order valence-electron chi connectivity index (χ1n) is 6.29. The van der Waals surface area contributed by atoms with Crippen LogP contribution in [0.5, 0.6) is 5.75 Å². The summed E-state index contributed by atoms with van der Waals surface area (Å²) in [7, 11) is 0. The zero-order valence-electron chi connectivity index (χ0n) is 10.6. The number of fused-ring (bicyclic) bond motifs is 1. The largest absolute Gasteiger partial charge is 0.493 e. The molecule has 2 rings (SSSR count). The lowest BCUT2D eigenvalue weighted by molar-refractivity contribution is 0.210. The van der Waals surface area contributed by atoms with Crippen molar-refractivity contribution in [3.05, 3.63) is 29.3 Å². The predicted octanol–water partition coefficient (Wildman–Crippen LogP) is 1.73. The molecule has 0 saturated heterocycles. The van der Waals surface area contributed by atoms with Gasteiger partial charge in [-0.25, -0.2) is 0 Å². The minimum atomic E-state index is 0.166. The lowest BCUT2D eigenvalue weighted by Gasteiger charge is -2.20. The van der Waals surface area contributed by atoms with Crippen molar-refractivity contribution in [1.29, 1.82) is 0 Å². The summed E-state index contributed by atoms with van der Waals surface area (Å²) in [6, 6.07) is 6.50. The van der Waals surface area contributed by atoms with Gasteiger partial charge < -0.3 is 15.2 Å². The van der Waals surface area contributed by atoms with Crippen molar-refractivity contribution in [2.24, 2.45) is 5.92 Å². The Hall–Kier alpha value is -1.06. The summed E-state index contributed by atoms with van der Waals surface area (Å²) >= 11 is 0. The van der Waals surface area contributed by atoms with E-state index in [-0.39, 0.29) is 12.6 Å². The normalized spacial score (nSPS) is 15.8. The Labute approximate surface area is 103 Å². The molecule has 1 heterocycles. The van der Waals surface area contributed by atoms with E-state index in [4.69, 9.17) is 4.74 Å². The minimum absolute atomic E-state index is 0.166. The van der Waals surface area contributed by atoms with Crippen LogP contribution in [0.25, 0.3) is 0 Å². The number of rotatable bonds is 5. The van der Waals surface area contributed by atoms with Gasteiger partial charge in [0.15, 0.2) is 0 Å². The molecule has 2 N–H and O–H groups in total. The quantitative estimate of drug-likeness (QED) is 0.816. The van der Waals surface area contributed by atoms with Gasteiger partial charge in [0, 0.05) is 19.0 Å². The van der Waals surface area contributed by atoms with E-state index in [0.717, 1.165) is 25.3 Å². The second-order valence-electron chi connectivity index (χ2n) is 4.95. The standard InChI is InChI=1S/C14H21NO2/c1-10(2)13(9-16)15-8-11-3-4-14-12(7-11)5-6-17-14/h3-4,7,10,13,15-16H,5-6,8-9H2,1-2H3. The molecule has 0 bridgehead atoms. The fourth-order valence-electron chi connectivity index (χ4n) is 2.11. The molecule has 0 fully saturated rings. The first kappa shape index (κ1) is 12.4. The molecule has 0 spiro atoms. The second kappa shape index (κ2) is 5.52. The lowest BCUT2D eigenvalue weighted by atomic mass is 10.0. The smallest absolute Gasteiger partial charge is 0.122 e. The highest BCUT2D eigenvalue weighted by Crippen LogP contribution is 2.25. The van der Waals surface area contributed by atoms with E-state index >= 15 is 0 Å². The van der Waals surface area contributed by atoms with Crippen molar-refractivity contribution in [1.82, 2.24) is 5.32 Å². The lowest BCUT2D eigenvalue weighted by Crippen LogP contribution is -2.36. The monoisotopic (exact) mass is 235 g/mol. The van der Waals surface area contributed by atoms with Crippen molar-refractivity contribution in [3.63, 3.8) is 0 Å². The maximum atomic E-state index is 9.25. The Morgan fingerprint density at radius 2 is 2.24 bits per heavy atom. The highest BCUT2D eigenvalue weighted by atomic mass is 16.5.